The van der Waals surface area contributed by atoms with Crippen LogP contribution >= 0.6 is 27.3 Å². The fraction of sp³-hybridized carbons (Fsp3) is 0.375. The van der Waals surface area contributed by atoms with Crippen LogP contribution in [0.25, 0.3) is 4.96 Å². The number of primary sulfonamides is 1. The zero-order valence-corrected chi connectivity index (χ0v) is 12.7. The highest BCUT2D eigenvalue weighted by molar-refractivity contribution is 9.10. The maximum absolute atomic E-state index is 11.2. The van der Waals surface area contributed by atoms with Gasteiger partial charge in [-0.2, -0.15) is 4.52 Å². The maximum atomic E-state index is 11.2. The molecule has 2 N–H and O–H groups in total. The van der Waals surface area contributed by atoms with Gasteiger partial charge in [0.2, 0.25) is 9.30 Å². The summed E-state index contributed by atoms with van der Waals surface area (Å²) in [5, 5.41) is 19.7. The van der Waals surface area contributed by atoms with E-state index in [4.69, 9.17) is 5.14 Å². The molecule has 0 aliphatic carbocycles. The monoisotopic (exact) mass is 367 g/mol. The van der Waals surface area contributed by atoms with Crippen LogP contribution in [-0.4, -0.2) is 29.0 Å². The Morgan fingerprint density at radius 1 is 1.63 bits per heavy atom. The van der Waals surface area contributed by atoms with Gasteiger partial charge in [0.1, 0.15) is 4.60 Å². The summed E-state index contributed by atoms with van der Waals surface area (Å²) in [5.41, 5.74) is 0.252. The minimum Gasteiger partial charge on any atom is -0.549 e. The normalized spacial score (nSPS) is 13.8. The Morgan fingerprint density at radius 2 is 2.26 bits per heavy atom. The van der Waals surface area contributed by atoms with Gasteiger partial charge in [-0.15, -0.1) is 5.10 Å². The number of nitrogens with two attached hydrogens (primary N) is 1. The largest absolute Gasteiger partial charge is 0.549 e. The molecule has 0 spiro atoms. The molecular weight excluding hydrogens is 360 g/mol. The minimum atomic E-state index is -3.91. The number of nitrogens with zero attached hydrogens (tertiary/aromatic N) is 3. The first-order valence-corrected chi connectivity index (χ1v) is 8.20. The highest BCUT2D eigenvalue weighted by Crippen LogP contribution is 2.30. The summed E-state index contributed by atoms with van der Waals surface area (Å²) in [6.07, 6.45) is 0.299. The average molecular weight is 368 g/mol. The summed E-state index contributed by atoms with van der Waals surface area (Å²) < 4.78 is 23.5. The lowest BCUT2D eigenvalue weighted by Crippen LogP contribution is -2.29. The van der Waals surface area contributed by atoms with Gasteiger partial charge in [-0.1, -0.05) is 18.3 Å². The smallest absolute Gasteiger partial charge is 0.267 e. The molecule has 0 amide bonds. The first kappa shape index (κ1) is 14.4. The van der Waals surface area contributed by atoms with Crippen LogP contribution in [-0.2, 0) is 14.8 Å². The molecule has 0 aliphatic heterocycles. The second-order valence-electron chi connectivity index (χ2n) is 3.68. The van der Waals surface area contributed by atoms with Crippen molar-refractivity contribution in [1.29, 1.82) is 0 Å². The van der Waals surface area contributed by atoms with E-state index < -0.39 is 21.9 Å². The number of fused-ring (bicyclic) bond motifs is 1. The zero-order valence-electron chi connectivity index (χ0n) is 9.53. The summed E-state index contributed by atoms with van der Waals surface area (Å²) in [6, 6.07) is 0. The van der Waals surface area contributed by atoms with E-state index in [9.17, 15) is 18.3 Å². The highest BCUT2D eigenvalue weighted by atomic mass is 79.9. The molecule has 2 aromatic heterocycles. The molecule has 1 unspecified atom stereocenters. The van der Waals surface area contributed by atoms with Crippen LogP contribution < -0.4 is 10.2 Å². The van der Waals surface area contributed by atoms with Crippen LogP contribution in [0.1, 0.15) is 25.0 Å². The first-order chi connectivity index (χ1) is 8.75. The molecule has 104 valence electrons. The summed E-state index contributed by atoms with van der Waals surface area (Å²) in [6.45, 7) is 1.68. The van der Waals surface area contributed by atoms with Crippen LogP contribution in [0.2, 0.25) is 0 Å². The summed E-state index contributed by atoms with van der Waals surface area (Å²) in [5.74, 6) is -2.14. The molecule has 0 saturated carbocycles. The lowest BCUT2D eigenvalue weighted by molar-refractivity contribution is -0.308. The number of carboxylic acid groups (broad SMARTS) is 1. The fourth-order valence-electron chi connectivity index (χ4n) is 1.53. The van der Waals surface area contributed by atoms with E-state index in [1.165, 1.54) is 4.52 Å². The van der Waals surface area contributed by atoms with Gasteiger partial charge in [-0.3, -0.25) is 0 Å². The van der Waals surface area contributed by atoms with Crippen molar-refractivity contribution in [1.82, 2.24) is 14.6 Å². The number of imidazole rings is 1. The third-order valence-corrected chi connectivity index (χ3v) is 5.38. The Kier molecular flexibility index (Phi) is 3.64. The molecule has 0 fully saturated rings. The van der Waals surface area contributed by atoms with E-state index in [1.54, 1.807) is 6.92 Å². The van der Waals surface area contributed by atoms with Gasteiger partial charge in [0, 0.05) is 5.92 Å². The van der Waals surface area contributed by atoms with Crippen molar-refractivity contribution >= 4 is 48.2 Å². The fourth-order valence-corrected chi connectivity index (χ4v) is 3.78. The molecule has 0 aromatic carbocycles. The molecule has 0 bridgehead atoms. The first-order valence-electron chi connectivity index (χ1n) is 5.04. The molecular formula is C8H8BrN4O4S2-. The topological polar surface area (TPSA) is 130 Å². The predicted octanol–water partition coefficient (Wildman–Crippen LogP) is -0.556. The van der Waals surface area contributed by atoms with Crippen molar-refractivity contribution < 1.29 is 18.3 Å². The van der Waals surface area contributed by atoms with E-state index >= 15 is 0 Å². The van der Waals surface area contributed by atoms with E-state index in [0.29, 0.717) is 6.42 Å². The number of rotatable bonds is 4. The Balaban J connectivity index is 2.60. The van der Waals surface area contributed by atoms with Crippen molar-refractivity contribution in [3.63, 3.8) is 0 Å². The van der Waals surface area contributed by atoms with Crippen molar-refractivity contribution in [2.75, 3.05) is 0 Å². The lowest BCUT2D eigenvalue weighted by atomic mass is 10.0. The van der Waals surface area contributed by atoms with Crippen molar-refractivity contribution in [2.24, 2.45) is 5.14 Å². The van der Waals surface area contributed by atoms with Crippen molar-refractivity contribution in [3.05, 3.63) is 10.3 Å². The number of carbonyl (C=O) groups excluding carboxylic acids is 1. The molecule has 19 heavy (non-hydrogen) atoms. The summed E-state index contributed by atoms with van der Waals surface area (Å²) >= 11 is 3.92. The van der Waals surface area contributed by atoms with Gasteiger partial charge in [-0.25, -0.2) is 18.5 Å². The van der Waals surface area contributed by atoms with Gasteiger partial charge in [0.15, 0.2) is 0 Å². The number of halogens is 1. The van der Waals surface area contributed by atoms with Gasteiger partial charge in [0.25, 0.3) is 10.0 Å². The maximum Gasteiger partial charge on any atom is 0.267 e. The summed E-state index contributed by atoms with van der Waals surface area (Å²) in [7, 11) is -3.91. The van der Waals surface area contributed by atoms with E-state index in [-0.39, 0.29) is 19.6 Å². The van der Waals surface area contributed by atoms with E-state index in [2.05, 4.69) is 26.0 Å². The van der Waals surface area contributed by atoms with Crippen LogP contribution in [0.5, 0.6) is 0 Å². The molecule has 2 rings (SSSR count). The SMILES string of the molecule is CCC(C(=O)[O-])c1nc2sc(S(N)(=O)=O)nn2c1Br. The van der Waals surface area contributed by atoms with E-state index in [0.717, 1.165) is 11.3 Å². The van der Waals surface area contributed by atoms with Gasteiger partial charge in [0.05, 0.1) is 11.7 Å². The van der Waals surface area contributed by atoms with Gasteiger partial charge < -0.3 is 9.90 Å². The molecule has 2 aromatic rings. The molecule has 8 nitrogen and oxygen atoms in total. The number of carboxylic acids is 1. The van der Waals surface area contributed by atoms with E-state index in [1.807, 2.05) is 0 Å². The zero-order chi connectivity index (χ0) is 14.4. The second-order valence-corrected chi connectivity index (χ2v) is 7.12. The average Bonchev–Trinajstić information content (AvgIpc) is 2.80. The quantitative estimate of drug-likeness (QED) is 0.770. The standard InChI is InChI=1S/C8H9BrN4O4S2/c1-2-3(6(14)15)4-5(9)13-7(11-4)18-8(12-13)19(10,16)17/h3H,2H2,1H3,(H,14,15)(H2,10,16,17)/p-1. The van der Waals surface area contributed by atoms with Crippen LogP contribution in [0.3, 0.4) is 0 Å². The van der Waals surface area contributed by atoms with Crippen LogP contribution in [0, 0.1) is 0 Å². The molecule has 0 saturated heterocycles. The molecule has 0 radical (unpaired) electrons. The highest BCUT2D eigenvalue weighted by Gasteiger charge is 2.24. The minimum absolute atomic E-state index is 0.241. The Bertz CT molecular complexity index is 750. The molecule has 1 atom stereocenters. The van der Waals surface area contributed by atoms with Crippen LogP contribution in [0.4, 0.5) is 0 Å². The predicted molar refractivity (Wildman–Crippen MR) is 68.0 cm³/mol. The van der Waals surface area contributed by atoms with Gasteiger partial charge >= 0.3 is 0 Å². The number of hydrogen-bond donors (Lipinski definition) is 1. The van der Waals surface area contributed by atoms with Crippen molar-refractivity contribution in [3.8, 4) is 0 Å². The third-order valence-electron chi connectivity index (χ3n) is 2.42. The second kappa shape index (κ2) is 4.81. The Hall–Kier alpha value is -1.04. The number of aromatic nitrogens is 3. The van der Waals surface area contributed by atoms with Gasteiger partial charge in [-0.05, 0) is 22.4 Å². The Morgan fingerprint density at radius 3 is 2.68 bits per heavy atom. The molecule has 0 aliphatic rings. The summed E-state index contributed by atoms with van der Waals surface area (Å²) in [4.78, 5) is 15.3. The lowest BCUT2D eigenvalue weighted by Gasteiger charge is -2.13. The Labute approximate surface area is 120 Å². The third kappa shape index (κ3) is 2.50. The number of carbonyl (C=O) groups is 1. The number of hydrogen-bond acceptors (Lipinski definition) is 7. The van der Waals surface area contributed by atoms with Crippen molar-refractivity contribution in [2.45, 2.75) is 23.6 Å². The number of aliphatic carboxylic acids is 1. The molecule has 2 heterocycles. The van der Waals surface area contributed by atoms with Crippen LogP contribution in [0.15, 0.2) is 8.94 Å². The number of sulfonamides is 1. The molecule has 11 heteroatoms.